The largest absolute Gasteiger partial charge is 0.487 e. The summed E-state index contributed by atoms with van der Waals surface area (Å²) in [6, 6.07) is 7.74. The zero-order valence-electron chi connectivity index (χ0n) is 16.1. The molecule has 3 aliphatic heterocycles. The van der Waals surface area contributed by atoms with E-state index in [2.05, 4.69) is 0 Å². The maximum atomic E-state index is 13.1. The number of carbonyl (C=O) groups excluding carboxylic acids is 2. The molecule has 0 bridgehead atoms. The van der Waals surface area contributed by atoms with E-state index >= 15 is 0 Å². The number of para-hydroxylation sites is 2. The van der Waals surface area contributed by atoms with Crippen LogP contribution in [-0.2, 0) is 4.79 Å². The second-order valence-electron chi connectivity index (χ2n) is 7.94. The Labute approximate surface area is 161 Å². The number of rotatable bonds is 1. The summed E-state index contributed by atoms with van der Waals surface area (Å²) in [5.41, 5.74) is 0.840. The molecule has 1 aromatic carbocycles. The number of likely N-dealkylation sites (tertiary alicyclic amines) is 2. The van der Waals surface area contributed by atoms with Gasteiger partial charge in [0.2, 0.25) is 5.91 Å². The van der Waals surface area contributed by atoms with Crippen molar-refractivity contribution in [2.24, 2.45) is 5.92 Å². The minimum Gasteiger partial charge on any atom is -0.487 e. The first-order chi connectivity index (χ1) is 13.1. The minimum absolute atomic E-state index is 0.0259. The monoisotopic (exact) mass is 371 g/mol. The van der Waals surface area contributed by atoms with Crippen molar-refractivity contribution in [2.75, 3.05) is 37.6 Å². The van der Waals surface area contributed by atoms with E-state index in [1.807, 2.05) is 45.9 Å². The van der Waals surface area contributed by atoms with Gasteiger partial charge >= 0.3 is 6.03 Å². The summed E-state index contributed by atoms with van der Waals surface area (Å²) in [5.74, 6) is 1.13. The summed E-state index contributed by atoms with van der Waals surface area (Å²) in [5, 5.41) is 0. The van der Waals surface area contributed by atoms with Gasteiger partial charge in [-0.2, -0.15) is 0 Å². The van der Waals surface area contributed by atoms with Crippen LogP contribution in [-0.4, -0.2) is 60.6 Å². The van der Waals surface area contributed by atoms with Crippen molar-refractivity contribution in [2.45, 2.75) is 45.1 Å². The SMILES string of the molecule is C[C@H]1CN(C(=O)N2CCC(C(=O)N3CCCCC3)CC2)c2ccccc2O1. The van der Waals surface area contributed by atoms with E-state index in [0.717, 1.165) is 50.2 Å². The Kier molecular flexibility index (Phi) is 5.23. The normalized spacial score (nSPS) is 23.6. The molecule has 0 radical (unpaired) electrons. The Hall–Kier alpha value is -2.24. The van der Waals surface area contributed by atoms with E-state index in [9.17, 15) is 9.59 Å². The van der Waals surface area contributed by atoms with E-state index < -0.39 is 0 Å². The number of hydrogen-bond acceptors (Lipinski definition) is 3. The number of anilines is 1. The molecule has 4 rings (SSSR count). The smallest absolute Gasteiger partial charge is 0.324 e. The van der Waals surface area contributed by atoms with Crippen LogP contribution in [0.1, 0.15) is 39.0 Å². The van der Waals surface area contributed by atoms with Crippen LogP contribution in [0.25, 0.3) is 0 Å². The quantitative estimate of drug-likeness (QED) is 0.762. The lowest BCUT2D eigenvalue weighted by molar-refractivity contribution is -0.137. The molecular formula is C21H29N3O3. The summed E-state index contributed by atoms with van der Waals surface area (Å²) in [6.07, 6.45) is 4.98. The number of amides is 3. The van der Waals surface area contributed by atoms with Gasteiger partial charge in [0.15, 0.2) is 0 Å². The topological polar surface area (TPSA) is 53.1 Å². The average Bonchev–Trinajstić information content (AvgIpc) is 2.73. The lowest BCUT2D eigenvalue weighted by Gasteiger charge is -2.40. The van der Waals surface area contributed by atoms with Gasteiger partial charge in [-0.15, -0.1) is 0 Å². The highest BCUT2D eigenvalue weighted by atomic mass is 16.5. The molecule has 2 fully saturated rings. The van der Waals surface area contributed by atoms with Gasteiger partial charge in [0, 0.05) is 32.1 Å². The summed E-state index contributed by atoms with van der Waals surface area (Å²) >= 11 is 0. The van der Waals surface area contributed by atoms with E-state index in [0.29, 0.717) is 25.5 Å². The zero-order valence-corrected chi connectivity index (χ0v) is 16.1. The lowest BCUT2D eigenvalue weighted by atomic mass is 9.94. The van der Waals surface area contributed by atoms with Gasteiger partial charge < -0.3 is 14.5 Å². The maximum absolute atomic E-state index is 13.1. The predicted octanol–water partition coefficient (Wildman–Crippen LogP) is 3.12. The zero-order chi connectivity index (χ0) is 18.8. The number of urea groups is 1. The van der Waals surface area contributed by atoms with Gasteiger partial charge in [-0.05, 0) is 51.2 Å². The second kappa shape index (κ2) is 7.79. The molecule has 0 N–H and O–H groups in total. The number of ether oxygens (including phenoxy) is 1. The minimum atomic E-state index is -0.0259. The van der Waals surface area contributed by atoms with Crippen molar-refractivity contribution < 1.29 is 14.3 Å². The number of hydrogen-bond donors (Lipinski definition) is 0. The van der Waals surface area contributed by atoms with E-state index in [1.165, 1.54) is 6.42 Å². The molecule has 146 valence electrons. The Morgan fingerprint density at radius 3 is 2.41 bits per heavy atom. The van der Waals surface area contributed by atoms with Gasteiger partial charge in [-0.1, -0.05) is 12.1 Å². The fourth-order valence-electron chi connectivity index (χ4n) is 4.43. The highest BCUT2D eigenvalue weighted by Crippen LogP contribution is 2.34. The third-order valence-electron chi connectivity index (χ3n) is 5.94. The Bertz CT molecular complexity index is 694. The van der Waals surface area contributed by atoms with Gasteiger partial charge in [0.1, 0.15) is 11.9 Å². The molecule has 1 atom stereocenters. The van der Waals surface area contributed by atoms with Crippen LogP contribution in [0.15, 0.2) is 24.3 Å². The van der Waals surface area contributed by atoms with Crippen LogP contribution in [0, 0.1) is 5.92 Å². The first-order valence-corrected chi connectivity index (χ1v) is 10.2. The van der Waals surface area contributed by atoms with Crippen LogP contribution < -0.4 is 9.64 Å². The molecule has 0 aromatic heterocycles. The average molecular weight is 371 g/mol. The number of benzene rings is 1. The number of fused-ring (bicyclic) bond motifs is 1. The molecule has 6 heteroatoms. The van der Waals surface area contributed by atoms with Crippen LogP contribution in [0.5, 0.6) is 5.75 Å². The first kappa shape index (κ1) is 18.1. The Morgan fingerprint density at radius 2 is 1.67 bits per heavy atom. The fourth-order valence-corrected chi connectivity index (χ4v) is 4.43. The van der Waals surface area contributed by atoms with E-state index in [4.69, 9.17) is 4.74 Å². The second-order valence-corrected chi connectivity index (χ2v) is 7.94. The number of piperidine rings is 2. The molecule has 1 aromatic rings. The summed E-state index contributed by atoms with van der Waals surface area (Å²) in [4.78, 5) is 31.6. The maximum Gasteiger partial charge on any atom is 0.324 e. The fraction of sp³-hybridized carbons (Fsp3) is 0.619. The van der Waals surface area contributed by atoms with Gasteiger partial charge in [-0.3, -0.25) is 9.69 Å². The lowest BCUT2D eigenvalue weighted by Crippen LogP contribution is -2.52. The standard InChI is InChI=1S/C21H29N3O3/c1-16-15-24(18-7-3-4-8-19(18)27-16)21(26)23-13-9-17(10-14-23)20(25)22-11-5-2-6-12-22/h3-4,7-8,16-17H,2,5-6,9-15H2,1H3/t16-/m0/s1. The van der Waals surface area contributed by atoms with E-state index in [1.54, 1.807) is 0 Å². The van der Waals surface area contributed by atoms with Crippen molar-refractivity contribution in [3.8, 4) is 5.75 Å². The van der Waals surface area contributed by atoms with Crippen LogP contribution in [0.2, 0.25) is 0 Å². The third-order valence-corrected chi connectivity index (χ3v) is 5.94. The van der Waals surface area contributed by atoms with Crippen molar-refractivity contribution in [3.05, 3.63) is 24.3 Å². The molecular weight excluding hydrogens is 342 g/mol. The highest BCUT2D eigenvalue weighted by Gasteiger charge is 2.35. The highest BCUT2D eigenvalue weighted by molar-refractivity contribution is 5.94. The van der Waals surface area contributed by atoms with Crippen LogP contribution in [0.4, 0.5) is 10.5 Å². The van der Waals surface area contributed by atoms with Crippen LogP contribution >= 0.6 is 0 Å². The molecule has 6 nitrogen and oxygen atoms in total. The van der Waals surface area contributed by atoms with Crippen molar-refractivity contribution in [1.82, 2.24) is 9.80 Å². The summed E-state index contributed by atoms with van der Waals surface area (Å²) in [7, 11) is 0. The van der Waals surface area contributed by atoms with E-state index in [-0.39, 0.29) is 18.1 Å². The Balaban J connectivity index is 1.38. The number of carbonyl (C=O) groups is 2. The van der Waals surface area contributed by atoms with Crippen LogP contribution in [0.3, 0.4) is 0 Å². The molecule has 3 heterocycles. The summed E-state index contributed by atoms with van der Waals surface area (Å²) in [6.45, 7) is 5.65. The molecule has 0 spiro atoms. The Morgan fingerprint density at radius 1 is 0.963 bits per heavy atom. The molecule has 3 amide bonds. The molecule has 2 saturated heterocycles. The molecule has 0 unspecified atom stereocenters. The van der Waals surface area contributed by atoms with Crippen molar-refractivity contribution in [3.63, 3.8) is 0 Å². The van der Waals surface area contributed by atoms with Gasteiger partial charge in [0.25, 0.3) is 0 Å². The molecule has 0 saturated carbocycles. The van der Waals surface area contributed by atoms with Gasteiger partial charge in [-0.25, -0.2) is 4.79 Å². The summed E-state index contributed by atoms with van der Waals surface area (Å²) < 4.78 is 5.85. The third kappa shape index (κ3) is 3.75. The van der Waals surface area contributed by atoms with Gasteiger partial charge in [0.05, 0.1) is 12.2 Å². The first-order valence-electron chi connectivity index (χ1n) is 10.2. The van der Waals surface area contributed by atoms with Crippen molar-refractivity contribution >= 4 is 17.6 Å². The predicted molar refractivity (Wildman–Crippen MR) is 104 cm³/mol. The molecule has 0 aliphatic carbocycles. The van der Waals surface area contributed by atoms with Crippen molar-refractivity contribution in [1.29, 1.82) is 0 Å². The molecule has 27 heavy (non-hydrogen) atoms. The molecule has 3 aliphatic rings. The number of nitrogens with zero attached hydrogens (tertiary/aromatic N) is 3.